The Hall–Kier alpha value is -0.530. The van der Waals surface area contributed by atoms with Crippen LogP contribution in [0, 0.1) is 62.6 Å². The molecule has 5 fully saturated rings. The van der Waals surface area contributed by atoms with E-state index in [1.807, 2.05) is 0 Å². The molecule has 2 heteroatoms. The van der Waals surface area contributed by atoms with Gasteiger partial charge < -0.3 is 4.74 Å². The molecule has 2 nitrogen and oxygen atoms in total. The van der Waals surface area contributed by atoms with Gasteiger partial charge in [0.25, 0.3) is 0 Å². The highest BCUT2D eigenvalue weighted by molar-refractivity contribution is 5.66. The Balaban J connectivity index is 1.49. The van der Waals surface area contributed by atoms with Crippen molar-refractivity contribution < 1.29 is 9.53 Å². The van der Waals surface area contributed by atoms with Gasteiger partial charge in [0.05, 0.1) is 0 Å². The Labute approximate surface area is 210 Å². The molecule has 0 heterocycles. The molecule has 5 saturated carbocycles. The third-order valence-electron chi connectivity index (χ3n) is 14.0. The van der Waals surface area contributed by atoms with E-state index in [1.165, 1.54) is 57.8 Å². The van der Waals surface area contributed by atoms with Crippen molar-refractivity contribution in [2.75, 3.05) is 0 Å². The van der Waals surface area contributed by atoms with Gasteiger partial charge in [-0.1, -0.05) is 55.4 Å². The summed E-state index contributed by atoms with van der Waals surface area (Å²) in [5.41, 5.74) is 1.94. The number of hydrogen-bond acceptors (Lipinski definition) is 2. The zero-order chi connectivity index (χ0) is 24.9. The highest BCUT2D eigenvalue weighted by atomic mass is 16.5. The molecule has 0 bridgehead atoms. The normalized spacial score (nSPS) is 53.9. The van der Waals surface area contributed by atoms with Crippen molar-refractivity contribution in [3.8, 4) is 0 Å². The fraction of sp³-hybridized carbons (Fsp3) is 0.969. The summed E-state index contributed by atoms with van der Waals surface area (Å²) in [4.78, 5) is 11.9. The second-order valence-corrected chi connectivity index (χ2v) is 15.8. The Morgan fingerprint density at radius 3 is 2.12 bits per heavy atom. The van der Waals surface area contributed by atoms with Crippen LogP contribution in [0.15, 0.2) is 0 Å². The highest BCUT2D eigenvalue weighted by Gasteiger charge is 2.70. The van der Waals surface area contributed by atoms with Crippen LogP contribution < -0.4 is 0 Å². The number of rotatable bonds is 2. The van der Waals surface area contributed by atoms with Crippen molar-refractivity contribution in [3.63, 3.8) is 0 Å². The van der Waals surface area contributed by atoms with Crippen molar-refractivity contribution in [2.45, 2.75) is 133 Å². The lowest BCUT2D eigenvalue weighted by molar-refractivity contribution is -0.250. The monoisotopic (exact) mass is 470 g/mol. The van der Waals surface area contributed by atoms with Gasteiger partial charge in [-0.15, -0.1) is 0 Å². The third-order valence-corrected chi connectivity index (χ3v) is 14.0. The van der Waals surface area contributed by atoms with Gasteiger partial charge in [0.2, 0.25) is 0 Å². The number of carbonyl (C=O) groups excluding carboxylic acids is 1. The van der Waals surface area contributed by atoms with E-state index in [4.69, 9.17) is 4.74 Å². The zero-order valence-electron chi connectivity index (χ0n) is 23.9. The molecule has 0 saturated heterocycles. The Morgan fingerprint density at radius 2 is 1.47 bits per heavy atom. The minimum Gasteiger partial charge on any atom is -0.462 e. The summed E-state index contributed by atoms with van der Waals surface area (Å²) in [6.07, 6.45) is 13.8. The molecule has 5 aliphatic carbocycles. The summed E-state index contributed by atoms with van der Waals surface area (Å²) in [5.74, 6) is 4.96. The number of hydrogen-bond donors (Lipinski definition) is 0. The summed E-state index contributed by atoms with van der Waals surface area (Å²) in [7, 11) is 0. The lowest BCUT2D eigenvalue weighted by Crippen LogP contribution is -2.66. The van der Waals surface area contributed by atoms with Gasteiger partial charge in [0.15, 0.2) is 0 Å². The quantitative estimate of drug-likeness (QED) is 0.377. The van der Waals surface area contributed by atoms with Crippen molar-refractivity contribution in [1.29, 1.82) is 0 Å². The fourth-order valence-electron chi connectivity index (χ4n) is 12.1. The molecule has 194 valence electrons. The molecule has 0 aliphatic heterocycles. The first-order valence-corrected chi connectivity index (χ1v) is 14.9. The fourth-order valence-corrected chi connectivity index (χ4v) is 12.1. The van der Waals surface area contributed by atoms with Crippen LogP contribution in [-0.2, 0) is 9.53 Å². The molecule has 5 rings (SSSR count). The molecule has 0 spiro atoms. The van der Waals surface area contributed by atoms with Gasteiger partial charge in [0, 0.05) is 12.3 Å². The van der Waals surface area contributed by atoms with Crippen LogP contribution in [0.1, 0.15) is 127 Å². The average Bonchev–Trinajstić information content (AvgIpc) is 3.08. The number of ether oxygens (including phenoxy) is 1. The molecule has 0 amide bonds. The summed E-state index contributed by atoms with van der Waals surface area (Å²) < 4.78 is 5.92. The van der Waals surface area contributed by atoms with Crippen molar-refractivity contribution in [1.82, 2.24) is 0 Å². The van der Waals surface area contributed by atoms with Crippen LogP contribution in [0.2, 0.25) is 0 Å². The van der Waals surface area contributed by atoms with E-state index in [1.54, 1.807) is 6.92 Å². The molecule has 0 aromatic rings. The van der Waals surface area contributed by atoms with E-state index < -0.39 is 0 Å². The highest BCUT2D eigenvalue weighted by Crippen LogP contribution is 2.77. The van der Waals surface area contributed by atoms with Crippen LogP contribution in [0.4, 0.5) is 0 Å². The maximum Gasteiger partial charge on any atom is 0.302 e. The largest absolute Gasteiger partial charge is 0.462 e. The van der Waals surface area contributed by atoms with Crippen LogP contribution in [0.3, 0.4) is 0 Å². The molecular formula is C32H54O2. The SMILES string of the molecule is CC(=O)O[C@@H]1CC[C@@]2(C)[C@@H](CC[C@@]3(C)[C@H]2CC[C@@H]2[C@H]4[C@H](C(C)C)CC[C@@]4(C)CC[C@]23C)C1(C)C. The minimum absolute atomic E-state index is 0.0665. The topological polar surface area (TPSA) is 26.3 Å². The second kappa shape index (κ2) is 7.74. The van der Waals surface area contributed by atoms with Crippen LogP contribution >= 0.6 is 0 Å². The van der Waals surface area contributed by atoms with Gasteiger partial charge in [-0.3, -0.25) is 4.79 Å². The van der Waals surface area contributed by atoms with E-state index in [2.05, 4.69) is 55.4 Å². The van der Waals surface area contributed by atoms with Crippen LogP contribution in [-0.4, -0.2) is 12.1 Å². The molecule has 10 atom stereocenters. The first-order valence-electron chi connectivity index (χ1n) is 14.9. The average molecular weight is 471 g/mol. The molecule has 34 heavy (non-hydrogen) atoms. The molecule has 0 N–H and O–H groups in total. The van der Waals surface area contributed by atoms with Crippen molar-refractivity contribution >= 4 is 5.97 Å². The van der Waals surface area contributed by atoms with Gasteiger partial charge >= 0.3 is 5.97 Å². The lowest BCUT2D eigenvalue weighted by atomic mass is 9.32. The Kier molecular flexibility index (Phi) is 5.72. The molecule has 0 unspecified atom stereocenters. The molecule has 0 aromatic heterocycles. The molecule has 0 radical (unpaired) electrons. The van der Waals surface area contributed by atoms with Gasteiger partial charge in [-0.2, -0.15) is 0 Å². The third kappa shape index (κ3) is 3.14. The molecule has 5 aliphatic rings. The maximum absolute atomic E-state index is 11.9. The van der Waals surface area contributed by atoms with Crippen LogP contribution in [0.25, 0.3) is 0 Å². The van der Waals surface area contributed by atoms with Crippen molar-refractivity contribution in [2.24, 2.45) is 62.6 Å². The van der Waals surface area contributed by atoms with Crippen LogP contribution in [0.5, 0.6) is 0 Å². The second-order valence-electron chi connectivity index (χ2n) is 15.8. The Morgan fingerprint density at radius 1 is 0.765 bits per heavy atom. The lowest BCUT2D eigenvalue weighted by Gasteiger charge is -2.73. The minimum atomic E-state index is -0.100. The van der Waals surface area contributed by atoms with E-state index in [9.17, 15) is 4.79 Å². The van der Waals surface area contributed by atoms with E-state index in [-0.39, 0.29) is 17.5 Å². The predicted octanol–water partition coefficient (Wildman–Crippen LogP) is 8.68. The Bertz CT molecular complexity index is 829. The van der Waals surface area contributed by atoms with E-state index >= 15 is 0 Å². The van der Waals surface area contributed by atoms with Crippen molar-refractivity contribution in [3.05, 3.63) is 0 Å². The first kappa shape index (κ1) is 25.1. The van der Waals surface area contributed by atoms with E-state index in [0.29, 0.717) is 27.6 Å². The van der Waals surface area contributed by atoms with E-state index in [0.717, 1.165) is 36.0 Å². The number of carbonyl (C=O) groups is 1. The number of fused-ring (bicyclic) bond motifs is 7. The van der Waals surface area contributed by atoms with Gasteiger partial charge in [-0.05, 0) is 121 Å². The smallest absolute Gasteiger partial charge is 0.302 e. The van der Waals surface area contributed by atoms with Gasteiger partial charge in [0.1, 0.15) is 6.10 Å². The molecule has 0 aromatic carbocycles. The summed E-state index contributed by atoms with van der Waals surface area (Å²) in [5, 5.41) is 0. The maximum atomic E-state index is 11.9. The predicted molar refractivity (Wildman–Crippen MR) is 140 cm³/mol. The standard InChI is InChI=1S/C32H54O2/c1-20(2)22-12-15-29(6)18-19-31(8)23(27(22)29)10-11-25-30(7)16-14-26(34-21(3)33)28(4,5)24(30)13-17-32(25,31)9/h20,22-27H,10-19H2,1-9H3/t22-,23+,24-,25-,26+,27+,29-,30-,31+,32-/m0/s1. The van der Waals surface area contributed by atoms with Gasteiger partial charge in [-0.25, -0.2) is 0 Å². The summed E-state index contributed by atoms with van der Waals surface area (Å²) in [6.45, 7) is 22.3. The zero-order valence-corrected chi connectivity index (χ0v) is 23.9. The number of esters is 1. The first-order chi connectivity index (χ1) is 15.7. The summed E-state index contributed by atoms with van der Waals surface area (Å²) >= 11 is 0. The molecular weight excluding hydrogens is 416 g/mol. The summed E-state index contributed by atoms with van der Waals surface area (Å²) in [6, 6.07) is 0.